The molecule has 33 heavy (non-hydrogen) atoms. The number of benzene rings is 2. The maximum Gasteiger partial charge on any atom is 0.257 e. The summed E-state index contributed by atoms with van der Waals surface area (Å²) in [5.74, 6) is 0.306. The monoisotopic (exact) mass is 444 g/mol. The first-order valence-electron chi connectivity index (χ1n) is 11.7. The number of rotatable bonds is 6. The first-order valence-corrected chi connectivity index (χ1v) is 11.7. The molecule has 3 aromatic rings. The lowest BCUT2D eigenvalue weighted by Crippen LogP contribution is -2.42. The zero-order valence-electron chi connectivity index (χ0n) is 19.6. The fourth-order valence-electron chi connectivity index (χ4n) is 4.43. The number of nitrogens with zero attached hydrogens (tertiary/aromatic N) is 3. The molecule has 1 atom stereocenters. The van der Waals surface area contributed by atoms with Gasteiger partial charge < -0.3 is 10.2 Å². The molecule has 172 valence electrons. The van der Waals surface area contributed by atoms with Crippen LogP contribution >= 0.6 is 0 Å². The first-order chi connectivity index (χ1) is 15.9. The highest BCUT2D eigenvalue weighted by atomic mass is 16.2. The van der Waals surface area contributed by atoms with Crippen molar-refractivity contribution < 1.29 is 9.59 Å². The van der Waals surface area contributed by atoms with Crippen LogP contribution in [0.2, 0.25) is 0 Å². The van der Waals surface area contributed by atoms with Crippen LogP contribution in [0.3, 0.4) is 0 Å². The van der Waals surface area contributed by atoms with Gasteiger partial charge in [0.15, 0.2) is 0 Å². The molecule has 0 radical (unpaired) electrons. The maximum absolute atomic E-state index is 13.2. The van der Waals surface area contributed by atoms with Gasteiger partial charge in [-0.15, -0.1) is 0 Å². The van der Waals surface area contributed by atoms with Gasteiger partial charge in [0.25, 0.3) is 5.91 Å². The molecular formula is C27H32N4O2. The van der Waals surface area contributed by atoms with E-state index in [2.05, 4.69) is 29.5 Å². The van der Waals surface area contributed by atoms with Crippen molar-refractivity contribution in [3.8, 4) is 5.69 Å². The largest absolute Gasteiger partial charge is 0.352 e. The zero-order valence-corrected chi connectivity index (χ0v) is 19.6. The fraction of sp³-hybridized carbons (Fsp3) is 0.370. The molecule has 1 aliphatic rings. The lowest BCUT2D eigenvalue weighted by molar-refractivity contribution is -0.126. The van der Waals surface area contributed by atoms with Crippen LogP contribution in [-0.4, -0.2) is 39.6 Å². The van der Waals surface area contributed by atoms with Gasteiger partial charge in [0.05, 0.1) is 16.9 Å². The second kappa shape index (κ2) is 10.0. The summed E-state index contributed by atoms with van der Waals surface area (Å²) in [5, 5.41) is 7.60. The summed E-state index contributed by atoms with van der Waals surface area (Å²) in [7, 11) is 0. The Hall–Kier alpha value is -3.41. The Kier molecular flexibility index (Phi) is 6.92. The second-order valence-electron chi connectivity index (χ2n) is 9.03. The van der Waals surface area contributed by atoms with E-state index in [9.17, 15) is 9.59 Å². The molecule has 2 amide bonds. The Bertz CT molecular complexity index is 1100. The van der Waals surface area contributed by atoms with Crippen molar-refractivity contribution in [1.82, 2.24) is 20.0 Å². The van der Waals surface area contributed by atoms with Gasteiger partial charge in [0.2, 0.25) is 5.91 Å². The molecule has 0 bridgehead atoms. The fourth-order valence-corrected chi connectivity index (χ4v) is 4.43. The molecule has 6 nitrogen and oxygen atoms in total. The van der Waals surface area contributed by atoms with Crippen LogP contribution in [-0.2, 0) is 11.3 Å². The van der Waals surface area contributed by atoms with Gasteiger partial charge in [-0.1, -0.05) is 55.0 Å². The number of nitrogens with one attached hydrogen (secondary N) is 1. The van der Waals surface area contributed by atoms with Crippen LogP contribution in [0.5, 0.6) is 0 Å². The quantitative estimate of drug-likeness (QED) is 0.617. The summed E-state index contributed by atoms with van der Waals surface area (Å²) >= 11 is 0. The van der Waals surface area contributed by atoms with Crippen molar-refractivity contribution in [2.24, 2.45) is 11.8 Å². The summed E-state index contributed by atoms with van der Waals surface area (Å²) < 4.78 is 1.76. The number of aryl methyl sites for hydroxylation is 2. The van der Waals surface area contributed by atoms with E-state index in [4.69, 9.17) is 0 Å². The molecule has 0 aliphatic carbocycles. The molecule has 1 N–H and O–H groups in total. The van der Waals surface area contributed by atoms with Crippen molar-refractivity contribution in [2.75, 3.05) is 13.1 Å². The van der Waals surface area contributed by atoms with Gasteiger partial charge in [0.1, 0.15) is 0 Å². The van der Waals surface area contributed by atoms with Crippen molar-refractivity contribution in [2.45, 2.75) is 40.2 Å². The second-order valence-corrected chi connectivity index (χ2v) is 9.03. The Labute approximate surface area is 195 Å². The van der Waals surface area contributed by atoms with E-state index < -0.39 is 0 Å². The smallest absolute Gasteiger partial charge is 0.257 e. The minimum absolute atomic E-state index is 0.0182. The van der Waals surface area contributed by atoms with Gasteiger partial charge in [0, 0.05) is 31.7 Å². The summed E-state index contributed by atoms with van der Waals surface area (Å²) in [6.07, 6.45) is 3.48. The Balaban J connectivity index is 1.31. The minimum atomic E-state index is -0.0738. The van der Waals surface area contributed by atoms with Crippen LogP contribution in [0.15, 0.2) is 60.8 Å². The highest BCUT2D eigenvalue weighted by molar-refractivity contribution is 5.95. The summed E-state index contributed by atoms with van der Waals surface area (Å²) in [4.78, 5) is 27.7. The zero-order chi connectivity index (χ0) is 23.4. The topological polar surface area (TPSA) is 67.2 Å². The Morgan fingerprint density at radius 2 is 1.70 bits per heavy atom. The normalized spacial score (nSPS) is 15.3. The number of carbonyl (C=O) groups excluding carboxylic acids is 2. The summed E-state index contributed by atoms with van der Waals surface area (Å²) in [6.45, 7) is 7.80. The van der Waals surface area contributed by atoms with Crippen molar-refractivity contribution in [3.05, 3.63) is 83.2 Å². The predicted molar refractivity (Wildman–Crippen MR) is 129 cm³/mol. The predicted octanol–water partition coefficient (Wildman–Crippen LogP) is 4.29. The summed E-state index contributed by atoms with van der Waals surface area (Å²) in [5.41, 5.74) is 4.62. The number of hydrogen-bond acceptors (Lipinski definition) is 3. The van der Waals surface area contributed by atoms with Gasteiger partial charge in [-0.3, -0.25) is 9.59 Å². The van der Waals surface area contributed by atoms with Crippen molar-refractivity contribution >= 4 is 11.8 Å². The third kappa shape index (κ3) is 5.33. The average Bonchev–Trinajstić information content (AvgIpc) is 3.24. The van der Waals surface area contributed by atoms with E-state index >= 15 is 0 Å². The molecule has 0 unspecified atom stereocenters. The molecule has 2 aromatic carbocycles. The van der Waals surface area contributed by atoms with E-state index in [1.807, 2.05) is 67.4 Å². The lowest BCUT2D eigenvalue weighted by atomic mass is 9.84. The van der Waals surface area contributed by atoms with Crippen molar-refractivity contribution in [3.63, 3.8) is 0 Å². The molecule has 2 heterocycles. The van der Waals surface area contributed by atoms with Crippen LogP contribution in [0.4, 0.5) is 0 Å². The maximum atomic E-state index is 13.2. The number of para-hydroxylation sites is 1. The molecule has 1 aliphatic heterocycles. The SMILES string of the molecule is Cc1ccc(CNC(=O)[C@@H](C)C2CCN(C(=O)c3cn(-c4ccccc4)nc3C)CC2)cc1. The molecule has 6 heteroatoms. The van der Waals surface area contributed by atoms with E-state index in [1.165, 1.54) is 5.56 Å². The van der Waals surface area contributed by atoms with E-state index in [1.54, 1.807) is 4.68 Å². The number of amides is 2. The molecule has 4 rings (SSSR count). The lowest BCUT2D eigenvalue weighted by Gasteiger charge is -2.34. The molecule has 0 spiro atoms. The van der Waals surface area contributed by atoms with Gasteiger partial charge >= 0.3 is 0 Å². The number of likely N-dealkylation sites (tertiary alicyclic amines) is 1. The van der Waals surface area contributed by atoms with Crippen LogP contribution in [0, 0.1) is 25.7 Å². The van der Waals surface area contributed by atoms with E-state index in [0.717, 1.165) is 29.8 Å². The van der Waals surface area contributed by atoms with Gasteiger partial charge in [-0.05, 0) is 50.3 Å². The first kappa shape index (κ1) is 22.8. The number of hydrogen-bond donors (Lipinski definition) is 1. The minimum Gasteiger partial charge on any atom is -0.352 e. The highest BCUT2D eigenvalue weighted by Gasteiger charge is 2.31. The van der Waals surface area contributed by atoms with Gasteiger partial charge in [-0.25, -0.2) is 4.68 Å². The molecule has 1 fully saturated rings. The van der Waals surface area contributed by atoms with E-state index in [0.29, 0.717) is 25.2 Å². The highest BCUT2D eigenvalue weighted by Crippen LogP contribution is 2.27. The summed E-state index contributed by atoms with van der Waals surface area (Å²) in [6, 6.07) is 18.0. The Morgan fingerprint density at radius 1 is 1.03 bits per heavy atom. The molecule has 1 aromatic heterocycles. The van der Waals surface area contributed by atoms with Crippen LogP contribution < -0.4 is 5.32 Å². The Morgan fingerprint density at radius 3 is 2.36 bits per heavy atom. The van der Waals surface area contributed by atoms with Gasteiger partial charge in [-0.2, -0.15) is 5.10 Å². The standard InChI is InChI=1S/C27H32N4O2/c1-19-9-11-22(12-10-19)17-28-26(32)20(2)23-13-15-30(16-14-23)27(33)25-18-31(29-21(25)3)24-7-5-4-6-8-24/h4-12,18,20,23H,13-17H2,1-3H3,(H,28,32)/t20-/m0/s1. The third-order valence-electron chi connectivity index (χ3n) is 6.68. The number of carbonyl (C=O) groups is 2. The third-order valence-corrected chi connectivity index (χ3v) is 6.68. The van der Waals surface area contributed by atoms with Crippen LogP contribution in [0.1, 0.15) is 46.9 Å². The van der Waals surface area contributed by atoms with E-state index in [-0.39, 0.29) is 23.7 Å². The molecule has 1 saturated heterocycles. The molecule has 0 saturated carbocycles. The molecular weight excluding hydrogens is 412 g/mol. The number of aromatic nitrogens is 2. The number of piperidine rings is 1. The average molecular weight is 445 g/mol. The van der Waals surface area contributed by atoms with Crippen molar-refractivity contribution in [1.29, 1.82) is 0 Å². The van der Waals surface area contributed by atoms with Crippen LogP contribution in [0.25, 0.3) is 5.69 Å².